The van der Waals surface area contributed by atoms with Crippen LogP contribution in [0, 0.1) is 13.8 Å². The van der Waals surface area contributed by atoms with Gasteiger partial charge in [0.15, 0.2) is 11.2 Å². The zero-order valence-electron chi connectivity index (χ0n) is 42.3. The Kier molecular flexibility index (Phi) is 8.87. The number of benzene rings is 11. The molecule has 0 saturated heterocycles. The average molecular weight is 953 g/mol. The maximum absolute atomic E-state index is 6.91. The van der Waals surface area contributed by atoms with Gasteiger partial charge in [0.1, 0.15) is 11.2 Å². The predicted molar refractivity (Wildman–Crippen MR) is 310 cm³/mol. The number of nitrogens with zero attached hydrogens (tertiary/aromatic N) is 2. The van der Waals surface area contributed by atoms with Gasteiger partial charge in [0.25, 0.3) is 0 Å². The molecule has 0 saturated carbocycles. The summed E-state index contributed by atoms with van der Waals surface area (Å²) >= 11 is 0. The molecule has 74 heavy (non-hydrogen) atoms. The van der Waals surface area contributed by atoms with Gasteiger partial charge in [-0.1, -0.05) is 137 Å². The summed E-state index contributed by atoms with van der Waals surface area (Å²) in [5.74, 6) is 0. The number of fused-ring (bicyclic) bond motifs is 15. The third-order valence-corrected chi connectivity index (χ3v) is 16.8. The van der Waals surface area contributed by atoms with Gasteiger partial charge < -0.3 is 18.6 Å². The summed E-state index contributed by atoms with van der Waals surface area (Å²) in [4.78, 5) is 4.81. The summed E-state index contributed by atoms with van der Waals surface area (Å²) in [7, 11) is 0. The lowest BCUT2D eigenvalue weighted by Gasteiger charge is -2.28. The maximum atomic E-state index is 6.91. The third-order valence-electron chi connectivity index (χ3n) is 16.8. The number of hydrogen-bond acceptors (Lipinski definition) is 4. The van der Waals surface area contributed by atoms with Crippen molar-refractivity contribution >= 4 is 99.5 Å². The fourth-order valence-corrected chi connectivity index (χ4v) is 13.0. The molecule has 0 fully saturated rings. The van der Waals surface area contributed by atoms with Gasteiger partial charge in [0.05, 0.1) is 0 Å². The Bertz CT molecular complexity index is 4260. The van der Waals surface area contributed by atoms with Gasteiger partial charge in [0, 0.05) is 66.5 Å². The smallest absolute Gasteiger partial charge is 0.178 e. The monoisotopic (exact) mass is 952 g/mol. The molecular weight excluding hydrogens is 901 g/mol. The maximum Gasteiger partial charge on any atom is 0.178 e. The largest absolute Gasteiger partial charge is 0.452 e. The van der Waals surface area contributed by atoms with Gasteiger partial charge in [-0.2, -0.15) is 0 Å². The van der Waals surface area contributed by atoms with E-state index < -0.39 is 0 Å². The van der Waals surface area contributed by atoms with Gasteiger partial charge in [-0.05, 0) is 188 Å². The topological polar surface area (TPSA) is 32.8 Å². The molecule has 2 aliphatic rings. The van der Waals surface area contributed by atoms with Crippen molar-refractivity contribution in [3.05, 3.63) is 240 Å². The molecule has 11 aromatic carbocycles. The van der Waals surface area contributed by atoms with Crippen LogP contribution in [0.25, 0.3) is 87.7 Å². The molecule has 0 unspecified atom stereocenters. The second kappa shape index (κ2) is 15.3. The standard InChI is InChI=1S/C70H52N2O2/c1-41-15-7-13-21-63(41)71(49-27-31-61-55(39-49)51-17-9-11-19-59(51)69(61,3)4)47-25-23-43-35-57-53-29-30-54-58-36-44-24-26-48(34-46(44)38-66(58)74-68(54)67(53)73-65(57)37-45(43)33-47)72(64-22-14-8-16-42(64)2)50-28-32-62-56(40-50)52-18-10-12-20-60(52)70(62,5)6/h7-40H,1-6H3. The Morgan fingerprint density at radius 1 is 0.311 bits per heavy atom. The Balaban J connectivity index is 0.835. The normalized spacial score (nSPS) is 14.0. The Hall–Kier alpha value is -8.86. The number of para-hydroxylation sites is 2. The van der Waals surface area contributed by atoms with Crippen LogP contribution < -0.4 is 9.80 Å². The van der Waals surface area contributed by atoms with Crippen molar-refractivity contribution in [3.8, 4) is 22.3 Å². The highest BCUT2D eigenvalue weighted by atomic mass is 16.4. The lowest BCUT2D eigenvalue weighted by molar-refractivity contribution is 0.634. The van der Waals surface area contributed by atoms with Crippen LogP contribution in [0.1, 0.15) is 61.1 Å². The minimum atomic E-state index is -0.0637. The van der Waals surface area contributed by atoms with Crippen molar-refractivity contribution in [2.75, 3.05) is 9.80 Å². The Morgan fingerprint density at radius 3 is 1.14 bits per heavy atom. The Morgan fingerprint density at radius 2 is 0.689 bits per heavy atom. The first-order chi connectivity index (χ1) is 36.0. The van der Waals surface area contributed by atoms with E-state index >= 15 is 0 Å². The van der Waals surface area contributed by atoms with Crippen LogP contribution in [0.5, 0.6) is 0 Å². The molecule has 0 spiro atoms. The van der Waals surface area contributed by atoms with Crippen LogP contribution >= 0.6 is 0 Å². The summed E-state index contributed by atoms with van der Waals surface area (Å²) in [6.45, 7) is 13.7. The summed E-state index contributed by atoms with van der Waals surface area (Å²) < 4.78 is 13.8. The van der Waals surface area contributed by atoms with Crippen LogP contribution in [-0.2, 0) is 10.8 Å². The quantitative estimate of drug-likeness (QED) is 0.166. The van der Waals surface area contributed by atoms with E-state index in [1.807, 2.05) is 0 Å². The van der Waals surface area contributed by atoms with Crippen LogP contribution in [0.15, 0.2) is 215 Å². The first kappa shape index (κ1) is 42.8. The minimum absolute atomic E-state index is 0.0637. The molecule has 0 amide bonds. The van der Waals surface area contributed by atoms with Gasteiger partial charge in [0.2, 0.25) is 0 Å². The van der Waals surface area contributed by atoms with E-state index in [-0.39, 0.29) is 10.8 Å². The van der Waals surface area contributed by atoms with Crippen LogP contribution in [-0.4, -0.2) is 0 Å². The number of furan rings is 2. The zero-order valence-corrected chi connectivity index (χ0v) is 42.3. The SMILES string of the molecule is Cc1ccccc1N(c1ccc2c(c1)-c1ccccc1C2(C)C)c1ccc2cc3c(cc2c1)oc1c3ccc2c3cc4ccc(N(c5ccc6c(c5)-c5ccccc5C6(C)C)c5ccccc5C)cc4cc3oc21. The molecule has 2 aromatic heterocycles. The van der Waals surface area contributed by atoms with Gasteiger partial charge in [-0.3, -0.25) is 0 Å². The van der Waals surface area contributed by atoms with Gasteiger partial charge in [-0.15, -0.1) is 0 Å². The van der Waals surface area contributed by atoms with Crippen molar-refractivity contribution in [1.82, 2.24) is 0 Å². The molecule has 354 valence electrons. The van der Waals surface area contributed by atoms with E-state index in [9.17, 15) is 0 Å². The van der Waals surface area contributed by atoms with E-state index in [2.05, 4.69) is 258 Å². The number of rotatable bonds is 6. The molecule has 0 N–H and O–H groups in total. The molecule has 4 heteroatoms. The van der Waals surface area contributed by atoms with E-state index in [1.165, 1.54) is 55.6 Å². The predicted octanol–water partition coefficient (Wildman–Crippen LogP) is 20.0. The summed E-state index contributed by atoms with van der Waals surface area (Å²) in [6, 6.07) is 76.1. The summed E-state index contributed by atoms with van der Waals surface area (Å²) in [6.07, 6.45) is 0. The molecule has 13 aromatic rings. The lowest BCUT2D eigenvalue weighted by atomic mass is 9.82. The lowest BCUT2D eigenvalue weighted by Crippen LogP contribution is -2.15. The highest BCUT2D eigenvalue weighted by molar-refractivity contribution is 6.21. The second-order valence-electron chi connectivity index (χ2n) is 21.8. The molecule has 0 bridgehead atoms. The van der Waals surface area contributed by atoms with Crippen molar-refractivity contribution in [2.45, 2.75) is 52.4 Å². The molecule has 0 atom stereocenters. The van der Waals surface area contributed by atoms with E-state index in [0.717, 1.165) is 99.5 Å². The third kappa shape index (κ3) is 6.09. The van der Waals surface area contributed by atoms with E-state index in [1.54, 1.807) is 0 Å². The molecule has 4 nitrogen and oxygen atoms in total. The summed E-state index contributed by atoms with van der Waals surface area (Å²) in [5.41, 5.74) is 22.9. The van der Waals surface area contributed by atoms with Crippen molar-refractivity contribution < 1.29 is 8.83 Å². The summed E-state index contributed by atoms with van der Waals surface area (Å²) in [5, 5.41) is 8.75. The van der Waals surface area contributed by atoms with Gasteiger partial charge in [-0.25, -0.2) is 0 Å². The zero-order chi connectivity index (χ0) is 49.8. The number of anilines is 6. The molecule has 0 radical (unpaired) electrons. The molecule has 0 aliphatic heterocycles. The van der Waals surface area contributed by atoms with Crippen molar-refractivity contribution in [1.29, 1.82) is 0 Å². The number of aryl methyl sites for hydroxylation is 2. The van der Waals surface area contributed by atoms with E-state index in [4.69, 9.17) is 8.83 Å². The van der Waals surface area contributed by atoms with Crippen molar-refractivity contribution in [3.63, 3.8) is 0 Å². The first-order valence-corrected chi connectivity index (χ1v) is 25.9. The average Bonchev–Trinajstić information content (AvgIpc) is 4.11. The fourth-order valence-electron chi connectivity index (χ4n) is 13.0. The fraction of sp³-hybridized carbons (Fsp3) is 0.114. The molecule has 15 rings (SSSR count). The van der Waals surface area contributed by atoms with Crippen molar-refractivity contribution in [2.24, 2.45) is 0 Å². The molecular formula is C70H52N2O2. The van der Waals surface area contributed by atoms with Crippen LogP contribution in [0.3, 0.4) is 0 Å². The van der Waals surface area contributed by atoms with Crippen LogP contribution in [0.2, 0.25) is 0 Å². The molecule has 2 aliphatic carbocycles. The molecule has 2 heterocycles. The Labute approximate surface area is 430 Å². The minimum Gasteiger partial charge on any atom is -0.452 e. The second-order valence-corrected chi connectivity index (χ2v) is 21.8. The highest BCUT2D eigenvalue weighted by Gasteiger charge is 2.37. The highest BCUT2D eigenvalue weighted by Crippen LogP contribution is 2.53. The van der Waals surface area contributed by atoms with Crippen LogP contribution in [0.4, 0.5) is 34.1 Å². The van der Waals surface area contributed by atoms with E-state index in [0.29, 0.717) is 0 Å². The first-order valence-electron chi connectivity index (χ1n) is 25.9. The van der Waals surface area contributed by atoms with Gasteiger partial charge >= 0.3 is 0 Å². The number of hydrogen-bond donors (Lipinski definition) is 0.